The van der Waals surface area contributed by atoms with Gasteiger partial charge in [0.2, 0.25) is 0 Å². The molecule has 2 aromatic rings. The third kappa shape index (κ3) is 2.53. The molecule has 2 rings (SSSR count). The minimum Gasteiger partial charge on any atom is -0.342 e. The molecule has 4 nitrogen and oxygen atoms in total. The van der Waals surface area contributed by atoms with E-state index in [-0.39, 0.29) is 10.3 Å². The first-order chi connectivity index (χ1) is 8.61. The lowest BCUT2D eigenvalue weighted by Gasteiger charge is -2.20. The molecule has 0 aliphatic rings. The van der Waals surface area contributed by atoms with Gasteiger partial charge in [-0.1, -0.05) is 29.3 Å². The van der Waals surface area contributed by atoms with Gasteiger partial charge >= 0.3 is 0 Å². The molecule has 0 spiro atoms. The van der Waals surface area contributed by atoms with E-state index in [9.17, 15) is 0 Å². The van der Waals surface area contributed by atoms with E-state index in [2.05, 4.69) is 16.3 Å². The third-order valence-electron chi connectivity index (χ3n) is 2.42. The van der Waals surface area contributed by atoms with Crippen LogP contribution in [0.25, 0.3) is 0 Å². The molecular weight excluding hydrogens is 271 g/mol. The molecule has 0 fully saturated rings. The number of nitrogens with zero attached hydrogens (tertiary/aromatic N) is 4. The number of anilines is 2. The highest BCUT2D eigenvalue weighted by Gasteiger charge is 2.11. The lowest BCUT2D eigenvalue weighted by molar-refractivity contribution is 1.02. The van der Waals surface area contributed by atoms with Crippen molar-refractivity contribution in [2.45, 2.75) is 0 Å². The SMILES string of the molecule is CN(c1cccc(C#N)c1)c1cc(Cl)nnc1Cl. The molecule has 0 saturated heterocycles. The smallest absolute Gasteiger partial charge is 0.175 e. The van der Waals surface area contributed by atoms with Gasteiger partial charge < -0.3 is 4.90 Å². The second kappa shape index (κ2) is 5.21. The Bertz CT molecular complexity index is 622. The molecular formula is C12H8Cl2N4. The second-order valence-corrected chi connectivity index (χ2v) is 4.31. The van der Waals surface area contributed by atoms with Gasteiger partial charge in [0.25, 0.3) is 0 Å². The Labute approximate surface area is 114 Å². The monoisotopic (exact) mass is 278 g/mol. The highest BCUT2D eigenvalue weighted by atomic mass is 35.5. The van der Waals surface area contributed by atoms with Gasteiger partial charge in [0, 0.05) is 18.8 Å². The third-order valence-corrected chi connectivity index (χ3v) is 2.88. The predicted molar refractivity (Wildman–Crippen MR) is 71.3 cm³/mol. The molecule has 6 heteroatoms. The summed E-state index contributed by atoms with van der Waals surface area (Å²) in [6, 6.07) is 10.9. The van der Waals surface area contributed by atoms with Gasteiger partial charge in [-0.2, -0.15) is 5.26 Å². The summed E-state index contributed by atoms with van der Waals surface area (Å²) in [6.45, 7) is 0. The van der Waals surface area contributed by atoms with Crippen molar-refractivity contribution < 1.29 is 0 Å². The van der Waals surface area contributed by atoms with Gasteiger partial charge in [-0.3, -0.25) is 0 Å². The highest BCUT2D eigenvalue weighted by Crippen LogP contribution is 2.30. The number of hydrogen-bond donors (Lipinski definition) is 0. The lowest BCUT2D eigenvalue weighted by atomic mass is 10.2. The summed E-state index contributed by atoms with van der Waals surface area (Å²) in [5, 5.41) is 16.8. The maximum Gasteiger partial charge on any atom is 0.175 e. The van der Waals surface area contributed by atoms with Crippen molar-refractivity contribution in [3.8, 4) is 6.07 Å². The van der Waals surface area contributed by atoms with E-state index in [0.717, 1.165) is 5.69 Å². The number of aromatic nitrogens is 2. The molecule has 0 aliphatic heterocycles. The van der Waals surface area contributed by atoms with E-state index >= 15 is 0 Å². The first-order valence-electron chi connectivity index (χ1n) is 5.04. The Morgan fingerprint density at radius 3 is 2.72 bits per heavy atom. The van der Waals surface area contributed by atoms with E-state index < -0.39 is 0 Å². The van der Waals surface area contributed by atoms with Crippen molar-refractivity contribution in [3.63, 3.8) is 0 Å². The summed E-state index contributed by atoms with van der Waals surface area (Å²) in [5.74, 6) is 0. The fraction of sp³-hybridized carbons (Fsp3) is 0.0833. The molecule has 0 unspecified atom stereocenters. The Kier molecular flexibility index (Phi) is 3.66. The average Bonchev–Trinajstić information content (AvgIpc) is 2.41. The molecule has 0 N–H and O–H groups in total. The van der Waals surface area contributed by atoms with E-state index in [1.165, 1.54) is 0 Å². The van der Waals surface area contributed by atoms with Crippen LogP contribution in [0.2, 0.25) is 10.3 Å². The van der Waals surface area contributed by atoms with E-state index in [1.807, 2.05) is 13.1 Å². The Morgan fingerprint density at radius 1 is 1.22 bits per heavy atom. The fourth-order valence-corrected chi connectivity index (χ4v) is 1.86. The zero-order valence-electron chi connectivity index (χ0n) is 9.43. The van der Waals surface area contributed by atoms with Crippen LogP contribution in [0.3, 0.4) is 0 Å². The fourth-order valence-electron chi connectivity index (χ4n) is 1.50. The zero-order valence-corrected chi connectivity index (χ0v) is 10.9. The van der Waals surface area contributed by atoms with Gasteiger partial charge in [-0.25, -0.2) is 0 Å². The molecule has 0 saturated carbocycles. The number of rotatable bonds is 2. The van der Waals surface area contributed by atoms with Crippen molar-refractivity contribution in [1.82, 2.24) is 10.2 Å². The van der Waals surface area contributed by atoms with Crippen LogP contribution in [-0.2, 0) is 0 Å². The first kappa shape index (κ1) is 12.6. The van der Waals surface area contributed by atoms with Crippen molar-refractivity contribution in [2.24, 2.45) is 0 Å². The van der Waals surface area contributed by atoms with E-state index in [4.69, 9.17) is 28.5 Å². The zero-order chi connectivity index (χ0) is 13.1. The molecule has 18 heavy (non-hydrogen) atoms. The minimum absolute atomic E-state index is 0.254. The lowest BCUT2D eigenvalue weighted by Crippen LogP contribution is -2.11. The highest BCUT2D eigenvalue weighted by molar-refractivity contribution is 6.33. The van der Waals surface area contributed by atoms with Gasteiger partial charge in [-0.15, -0.1) is 10.2 Å². The number of benzene rings is 1. The standard InChI is InChI=1S/C12H8Cl2N4/c1-18(9-4-2-3-8(5-9)7-15)10-6-11(13)16-17-12(10)14/h2-6H,1H3. The summed E-state index contributed by atoms with van der Waals surface area (Å²) in [4.78, 5) is 1.80. The van der Waals surface area contributed by atoms with Crippen LogP contribution in [0.5, 0.6) is 0 Å². The average molecular weight is 279 g/mol. The Balaban J connectivity index is 2.44. The molecule has 1 heterocycles. The number of hydrogen-bond acceptors (Lipinski definition) is 4. The van der Waals surface area contributed by atoms with Gasteiger partial charge in [0.05, 0.1) is 17.3 Å². The summed E-state index contributed by atoms with van der Waals surface area (Å²) < 4.78 is 0. The normalized spacial score (nSPS) is 9.89. The van der Waals surface area contributed by atoms with Crippen molar-refractivity contribution >= 4 is 34.6 Å². The van der Waals surface area contributed by atoms with Gasteiger partial charge in [-0.05, 0) is 18.2 Å². The minimum atomic E-state index is 0.254. The first-order valence-corrected chi connectivity index (χ1v) is 5.80. The maximum atomic E-state index is 8.88. The second-order valence-electron chi connectivity index (χ2n) is 3.56. The molecule has 1 aromatic carbocycles. The van der Waals surface area contributed by atoms with Crippen molar-refractivity contribution in [3.05, 3.63) is 46.2 Å². The number of halogens is 2. The quantitative estimate of drug-likeness (QED) is 0.845. The maximum absolute atomic E-state index is 8.88. The van der Waals surface area contributed by atoms with Crippen LogP contribution in [0.1, 0.15) is 5.56 Å². The molecule has 0 amide bonds. The molecule has 0 bridgehead atoms. The molecule has 0 atom stereocenters. The van der Waals surface area contributed by atoms with Crippen LogP contribution >= 0.6 is 23.2 Å². The molecule has 1 aromatic heterocycles. The van der Waals surface area contributed by atoms with Crippen LogP contribution in [0.15, 0.2) is 30.3 Å². The van der Waals surface area contributed by atoms with Crippen LogP contribution < -0.4 is 4.90 Å². The van der Waals surface area contributed by atoms with Crippen molar-refractivity contribution in [1.29, 1.82) is 5.26 Å². The summed E-state index contributed by atoms with van der Waals surface area (Å²) in [6.07, 6.45) is 0. The molecule has 0 radical (unpaired) electrons. The van der Waals surface area contributed by atoms with Gasteiger partial charge in [0.15, 0.2) is 10.3 Å². The number of nitriles is 1. The van der Waals surface area contributed by atoms with Crippen molar-refractivity contribution in [2.75, 3.05) is 11.9 Å². The topological polar surface area (TPSA) is 52.8 Å². The predicted octanol–water partition coefficient (Wildman–Crippen LogP) is 3.42. The molecule has 0 aliphatic carbocycles. The molecule has 90 valence electrons. The summed E-state index contributed by atoms with van der Waals surface area (Å²) >= 11 is 11.8. The van der Waals surface area contributed by atoms with E-state index in [0.29, 0.717) is 11.3 Å². The van der Waals surface area contributed by atoms with Gasteiger partial charge in [0.1, 0.15) is 0 Å². The van der Waals surface area contributed by atoms with Crippen LogP contribution in [-0.4, -0.2) is 17.2 Å². The summed E-state index contributed by atoms with van der Waals surface area (Å²) in [5.41, 5.74) is 2.02. The Morgan fingerprint density at radius 2 is 2.00 bits per heavy atom. The Hall–Kier alpha value is -1.83. The summed E-state index contributed by atoms with van der Waals surface area (Å²) in [7, 11) is 1.82. The van der Waals surface area contributed by atoms with Crippen LogP contribution in [0.4, 0.5) is 11.4 Å². The van der Waals surface area contributed by atoms with Crippen LogP contribution in [0, 0.1) is 11.3 Å². The van der Waals surface area contributed by atoms with E-state index in [1.54, 1.807) is 29.2 Å². The largest absolute Gasteiger partial charge is 0.342 e.